The second kappa shape index (κ2) is 4.28. The van der Waals surface area contributed by atoms with Gasteiger partial charge in [0.25, 0.3) is 0 Å². The molecule has 0 aliphatic carbocycles. The maximum absolute atomic E-state index is 11.2. The molecule has 1 aliphatic rings. The van der Waals surface area contributed by atoms with E-state index in [1.807, 2.05) is 6.92 Å². The molecule has 1 aliphatic heterocycles. The summed E-state index contributed by atoms with van der Waals surface area (Å²) >= 11 is 5.45. The molecule has 0 saturated carbocycles. The predicted octanol–water partition coefficient (Wildman–Crippen LogP) is 0.0874. The van der Waals surface area contributed by atoms with Crippen LogP contribution in [0.3, 0.4) is 0 Å². The third-order valence-corrected chi connectivity index (χ3v) is 2.12. The van der Waals surface area contributed by atoms with E-state index in [-0.39, 0.29) is 24.9 Å². The molecule has 0 spiro atoms. The SMILES string of the molecule is C/C(=C\Cl)CN1CC(=O)NCC1=O. The zero-order valence-corrected chi connectivity index (χ0v) is 8.10. The van der Waals surface area contributed by atoms with Gasteiger partial charge in [0.05, 0.1) is 13.1 Å². The van der Waals surface area contributed by atoms with Crippen molar-refractivity contribution in [1.82, 2.24) is 10.2 Å². The molecule has 1 fully saturated rings. The molecule has 1 heterocycles. The number of carbonyl (C=O) groups excluding carboxylic acids is 2. The van der Waals surface area contributed by atoms with Gasteiger partial charge in [-0.3, -0.25) is 9.59 Å². The van der Waals surface area contributed by atoms with Crippen LogP contribution in [-0.4, -0.2) is 36.3 Å². The van der Waals surface area contributed by atoms with Gasteiger partial charge in [0.15, 0.2) is 0 Å². The average Bonchev–Trinajstić information content (AvgIpc) is 2.11. The van der Waals surface area contributed by atoms with Gasteiger partial charge in [-0.15, -0.1) is 0 Å². The van der Waals surface area contributed by atoms with Crippen LogP contribution in [0.5, 0.6) is 0 Å². The minimum absolute atomic E-state index is 0.0718. The number of piperazine rings is 1. The highest BCUT2D eigenvalue weighted by atomic mass is 35.5. The Morgan fingerprint density at radius 2 is 2.38 bits per heavy atom. The molecule has 72 valence electrons. The number of hydrogen-bond donors (Lipinski definition) is 1. The summed E-state index contributed by atoms with van der Waals surface area (Å²) in [6.45, 7) is 2.46. The Kier molecular flexibility index (Phi) is 3.31. The molecular weight excluding hydrogens is 192 g/mol. The fourth-order valence-corrected chi connectivity index (χ4v) is 1.15. The van der Waals surface area contributed by atoms with E-state index in [2.05, 4.69) is 5.32 Å². The zero-order chi connectivity index (χ0) is 9.84. The summed E-state index contributed by atoms with van der Waals surface area (Å²) in [4.78, 5) is 23.6. The van der Waals surface area contributed by atoms with E-state index in [4.69, 9.17) is 11.6 Å². The first-order valence-electron chi connectivity index (χ1n) is 3.94. The summed E-state index contributed by atoms with van der Waals surface area (Å²) in [5, 5.41) is 2.47. The first-order chi connectivity index (χ1) is 6.13. The number of nitrogens with one attached hydrogen (secondary N) is 1. The lowest BCUT2D eigenvalue weighted by molar-refractivity contribution is -0.140. The van der Waals surface area contributed by atoms with Gasteiger partial charge in [0.2, 0.25) is 11.8 Å². The topological polar surface area (TPSA) is 49.4 Å². The third kappa shape index (κ3) is 2.73. The van der Waals surface area contributed by atoms with Crippen LogP contribution < -0.4 is 5.32 Å². The Hall–Kier alpha value is -1.03. The van der Waals surface area contributed by atoms with Crippen molar-refractivity contribution in [2.75, 3.05) is 19.6 Å². The van der Waals surface area contributed by atoms with Gasteiger partial charge in [-0.05, 0) is 12.5 Å². The largest absolute Gasteiger partial charge is 0.345 e. The summed E-state index contributed by atoms with van der Waals surface area (Å²) in [6, 6.07) is 0. The Morgan fingerprint density at radius 1 is 1.69 bits per heavy atom. The van der Waals surface area contributed by atoms with Gasteiger partial charge >= 0.3 is 0 Å². The third-order valence-electron chi connectivity index (χ3n) is 1.75. The Bertz CT molecular complexity index is 263. The molecule has 0 atom stereocenters. The number of nitrogens with zero attached hydrogens (tertiary/aromatic N) is 1. The summed E-state index contributed by atoms with van der Waals surface area (Å²) < 4.78 is 0. The van der Waals surface area contributed by atoms with Gasteiger partial charge < -0.3 is 10.2 Å². The van der Waals surface area contributed by atoms with Crippen molar-refractivity contribution in [1.29, 1.82) is 0 Å². The summed E-state index contributed by atoms with van der Waals surface area (Å²) in [5.41, 5.74) is 2.28. The van der Waals surface area contributed by atoms with Crippen molar-refractivity contribution in [3.8, 4) is 0 Å². The molecule has 0 radical (unpaired) electrons. The Balaban J connectivity index is 2.56. The van der Waals surface area contributed by atoms with E-state index in [1.165, 1.54) is 10.4 Å². The second-order valence-electron chi connectivity index (χ2n) is 2.98. The van der Waals surface area contributed by atoms with E-state index >= 15 is 0 Å². The predicted molar refractivity (Wildman–Crippen MR) is 49.2 cm³/mol. The van der Waals surface area contributed by atoms with E-state index < -0.39 is 0 Å². The van der Waals surface area contributed by atoms with Gasteiger partial charge in [-0.2, -0.15) is 0 Å². The first kappa shape index (κ1) is 10.1. The lowest BCUT2D eigenvalue weighted by Crippen LogP contribution is -2.51. The molecule has 1 rings (SSSR count). The van der Waals surface area contributed by atoms with E-state index in [0.717, 1.165) is 5.57 Å². The van der Waals surface area contributed by atoms with Crippen LogP contribution in [-0.2, 0) is 9.59 Å². The van der Waals surface area contributed by atoms with Crippen LogP contribution in [0.4, 0.5) is 0 Å². The van der Waals surface area contributed by atoms with Crippen molar-refractivity contribution in [3.63, 3.8) is 0 Å². The van der Waals surface area contributed by atoms with Crippen molar-refractivity contribution >= 4 is 23.4 Å². The summed E-state index contributed by atoms with van der Waals surface area (Å²) in [7, 11) is 0. The molecule has 1 saturated heterocycles. The Morgan fingerprint density at radius 3 is 3.00 bits per heavy atom. The first-order valence-corrected chi connectivity index (χ1v) is 4.37. The lowest BCUT2D eigenvalue weighted by Gasteiger charge is -2.26. The van der Waals surface area contributed by atoms with Crippen LogP contribution in [0.2, 0.25) is 0 Å². The molecule has 0 unspecified atom stereocenters. The minimum Gasteiger partial charge on any atom is -0.345 e. The van der Waals surface area contributed by atoms with E-state index in [0.29, 0.717) is 6.54 Å². The molecule has 0 aromatic heterocycles. The highest BCUT2D eigenvalue weighted by Crippen LogP contribution is 2.02. The van der Waals surface area contributed by atoms with Gasteiger partial charge in [0.1, 0.15) is 0 Å². The van der Waals surface area contributed by atoms with E-state index in [1.54, 1.807) is 0 Å². The van der Waals surface area contributed by atoms with Crippen molar-refractivity contribution in [2.24, 2.45) is 0 Å². The number of hydrogen-bond acceptors (Lipinski definition) is 2. The van der Waals surface area contributed by atoms with Gasteiger partial charge in [-0.25, -0.2) is 0 Å². The van der Waals surface area contributed by atoms with Crippen LogP contribution in [0.15, 0.2) is 11.1 Å². The van der Waals surface area contributed by atoms with Crippen molar-refractivity contribution in [3.05, 3.63) is 11.1 Å². The number of carbonyl (C=O) groups is 2. The molecule has 0 bridgehead atoms. The van der Waals surface area contributed by atoms with Gasteiger partial charge in [-0.1, -0.05) is 11.6 Å². The quantitative estimate of drug-likeness (QED) is 0.690. The number of amides is 2. The van der Waals surface area contributed by atoms with Crippen molar-refractivity contribution in [2.45, 2.75) is 6.92 Å². The van der Waals surface area contributed by atoms with Crippen LogP contribution in [0.25, 0.3) is 0 Å². The molecule has 2 amide bonds. The smallest absolute Gasteiger partial charge is 0.242 e. The number of halogens is 1. The maximum Gasteiger partial charge on any atom is 0.242 e. The monoisotopic (exact) mass is 202 g/mol. The standard InChI is InChI=1S/C8H11ClN2O2/c1-6(2-9)4-11-5-7(12)10-3-8(11)13/h2H,3-5H2,1H3,(H,10,12)/b6-2+. The van der Waals surface area contributed by atoms with E-state index in [9.17, 15) is 9.59 Å². The normalized spacial score (nSPS) is 18.9. The second-order valence-corrected chi connectivity index (χ2v) is 3.20. The maximum atomic E-state index is 11.2. The lowest BCUT2D eigenvalue weighted by atomic mass is 10.2. The molecule has 5 heteroatoms. The average molecular weight is 203 g/mol. The van der Waals surface area contributed by atoms with Crippen LogP contribution in [0, 0.1) is 0 Å². The Labute approximate surface area is 81.5 Å². The fourth-order valence-electron chi connectivity index (χ4n) is 1.08. The highest BCUT2D eigenvalue weighted by Gasteiger charge is 2.22. The molecule has 13 heavy (non-hydrogen) atoms. The van der Waals surface area contributed by atoms with Crippen molar-refractivity contribution < 1.29 is 9.59 Å². The molecule has 0 aromatic carbocycles. The van der Waals surface area contributed by atoms with Crippen LogP contribution >= 0.6 is 11.6 Å². The highest BCUT2D eigenvalue weighted by molar-refractivity contribution is 6.25. The minimum atomic E-state index is -0.123. The fraction of sp³-hybridized carbons (Fsp3) is 0.500. The molecule has 0 aromatic rings. The summed E-state index contributed by atoms with van der Waals surface area (Å²) in [6.07, 6.45) is 0. The van der Waals surface area contributed by atoms with Gasteiger partial charge in [0, 0.05) is 12.1 Å². The molecular formula is C8H11ClN2O2. The zero-order valence-electron chi connectivity index (χ0n) is 7.34. The summed E-state index contributed by atoms with van der Waals surface area (Å²) in [5.74, 6) is -0.195. The molecule has 1 N–H and O–H groups in total. The van der Waals surface area contributed by atoms with Crippen LogP contribution in [0.1, 0.15) is 6.92 Å². The number of rotatable bonds is 2. The molecule has 4 nitrogen and oxygen atoms in total.